The zero-order valence-electron chi connectivity index (χ0n) is 15.6. The Morgan fingerprint density at radius 3 is 2.33 bits per heavy atom. The fourth-order valence-corrected chi connectivity index (χ4v) is 2.26. The number of rotatable bonds is 7. The van der Waals surface area contributed by atoms with E-state index < -0.39 is 18.0 Å². The number of hydrogen-bond acceptors (Lipinski definition) is 7. The van der Waals surface area contributed by atoms with Crippen LogP contribution in [0.2, 0.25) is 5.15 Å². The minimum absolute atomic E-state index is 0.0779. The number of amides is 1. The van der Waals surface area contributed by atoms with Crippen LogP contribution < -0.4 is 15.1 Å². The van der Waals surface area contributed by atoms with E-state index >= 15 is 0 Å². The van der Waals surface area contributed by atoms with Gasteiger partial charge in [-0.05, 0) is 43.3 Å². The zero-order valence-corrected chi connectivity index (χ0v) is 16.4. The Morgan fingerprint density at radius 1 is 1.11 bits per heavy atom. The van der Waals surface area contributed by atoms with Crippen LogP contribution in [0.1, 0.15) is 6.92 Å². The molecule has 0 aliphatic rings. The highest BCUT2D eigenvalue weighted by Crippen LogP contribution is 2.16. The summed E-state index contributed by atoms with van der Waals surface area (Å²) >= 11 is 5.69. The number of anilines is 3. The molecule has 1 unspecified atom stereocenters. The molecule has 0 spiro atoms. The topological polar surface area (TPSA) is 87.7 Å². The van der Waals surface area contributed by atoms with Crippen molar-refractivity contribution in [3.8, 4) is 0 Å². The van der Waals surface area contributed by atoms with Crippen molar-refractivity contribution in [3.63, 3.8) is 0 Å². The van der Waals surface area contributed by atoms with Crippen LogP contribution in [0.5, 0.6) is 0 Å². The van der Waals surface area contributed by atoms with Crippen LogP contribution in [0.3, 0.4) is 0 Å². The summed E-state index contributed by atoms with van der Waals surface area (Å²) in [6, 6.07) is 10.5. The van der Waals surface area contributed by atoms with Crippen LogP contribution in [0.15, 0.2) is 36.4 Å². The average molecular weight is 392 g/mol. The molecule has 9 heteroatoms. The van der Waals surface area contributed by atoms with Crippen LogP contribution in [0.25, 0.3) is 0 Å². The molecule has 0 aliphatic heterocycles. The van der Waals surface area contributed by atoms with Crippen LogP contribution in [-0.4, -0.2) is 55.9 Å². The van der Waals surface area contributed by atoms with E-state index in [4.69, 9.17) is 16.3 Å². The molecule has 0 fully saturated rings. The molecular weight excluding hydrogens is 370 g/mol. The molecule has 0 saturated heterocycles. The first kappa shape index (κ1) is 20.4. The monoisotopic (exact) mass is 391 g/mol. The van der Waals surface area contributed by atoms with Gasteiger partial charge in [0.05, 0.1) is 0 Å². The lowest BCUT2D eigenvalue weighted by Gasteiger charge is -2.19. The first-order valence-corrected chi connectivity index (χ1v) is 8.62. The summed E-state index contributed by atoms with van der Waals surface area (Å²) < 4.78 is 5.19. The SMILES string of the molecule is CC(OC(=O)CN(C)c1ccc(Cl)nn1)C(=O)Nc1ccc(N(C)C)cc1. The molecule has 27 heavy (non-hydrogen) atoms. The van der Waals surface area contributed by atoms with Gasteiger partial charge < -0.3 is 19.9 Å². The van der Waals surface area contributed by atoms with Crippen molar-refractivity contribution in [3.05, 3.63) is 41.6 Å². The van der Waals surface area contributed by atoms with Crippen LogP contribution in [0.4, 0.5) is 17.2 Å². The van der Waals surface area contributed by atoms with Crippen LogP contribution in [-0.2, 0) is 14.3 Å². The first-order valence-electron chi connectivity index (χ1n) is 8.24. The van der Waals surface area contributed by atoms with Gasteiger partial charge in [0.2, 0.25) is 0 Å². The van der Waals surface area contributed by atoms with Gasteiger partial charge in [0.15, 0.2) is 17.1 Å². The summed E-state index contributed by atoms with van der Waals surface area (Å²) in [6.07, 6.45) is -0.935. The Labute approximate surface area is 163 Å². The molecule has 1 aromatic carbocycles. The quantitative estimate of drug-likeness (QED) is 0.724. The van der Waals surface area contributed by atoms with Gasteiger partial charge in [0.1, 0.15) is 6.54 Å². The van der Waals surface area contributed by atoms with Gasteiger partial charge in [-0.1, -0.05) is 11.6 Å². The summed E-state index contributed by atoms with van der Waals surface area (Å²) in [5, 5.41) is 10.6. The molecule has 1 heterocycles. The lowest BCUT2D eigenvalue weighted by Crippen LogP contribution is -2.34. The van der Waals surface area contributed by atoms with Crippen molar-refractivity contribution in [1.29, 1.82) is 0 Å². The molecule has 144 valence electrons. The third-order valence-corrected chi connectivity index (χ3v) is 3.91. The summed E-state index contributed by atoms with van der Waals surface area (Å²) in [5.41, 5.74) is 1.64. The van der Waals surface area contributed by atoms with Crippen LogP contribution >= 0.6 is 11.6 Å². The van der Waals surface area contributed by atoms with E-state index in [-0.39, 0.29) is 11.7 Å². The third kappa shape index (κ3) is 6.10. The van der Waals surface area contributed by atoms with Crippen LogP contribution in [0, 0.1) is 0 Å². The van der Waals surface area contributed by atoms with Crippen molar-refractivity contribution in [2.45, 2.75) is 13.0 Å². The summed E-state index contributed by atoms with van der Waals surface area (Å²) in [7, 11) is 5.53. The standard InChI is InChI=1S/C18H22ClN5O3/c1-12(18(26)20-13-5-7-14(8-6-13)23(2)3)27-17(25)11-24(4)16-10-9-15(19)21-22-16/h5-10,12H,11H2,1-4H3,(H,20,26). The normalized spacial score (nSPS) is 11.4. The number of nitrogens with zero attached hydrogens (tertiary/aromatic N) is 4. The number of aromatic nitrogens is 2. The number of likely N-dealkylation sites (N-methyl/N-ethyl adjacent to an activating group) is 1. The third-order valence-electron chi connectivity index (χ3n) is 3.70. The first-order chi connectivity index (χ1) is 12.8. The molecule has 8 nitrogen and oxygen atoms in total. The maximum Gasteiger partial charge on any atom is 0.326 e. The Morgan fingerprint density at radius 2 is 1.78 bits per heavy atom. The zero-order chi connectivity index (χ0) is 20.0. The highest BCUT2D eigenvalue weighted by molar-refractivity contribution is 6.29. The largest absolute Gasteiger partial charge is 0.451 e. The van der Waals surface area contributed by atoms with Gasteiger partial charge in [0.25, 0.3) is 5.91 Å². The second-order valence-corrected chi connectivity index (χ2v) is 6.52. The van der Waals surface area contributed by atoms with Gasteiger partial charge in [-0.25, -0.2) is 0 Å². The fraction of sp³-hybridized carbons (Fsp3) is 0.333. The number of hydrogen-bond donors (Lipinski definition) is 1. The van der Waals surface area contributed by atoms with Gasteiger partial charge in [-0.3, -0.25) is 9.59 Å². The molecule has 1 atom stereocenters. The summed E-state index contributed by atoms with van der Waals surface area (Å²) in [4.78, 5) is 27.8. The van der Waals surface area contributed by atoms with Crippen molar-refractivity contribution < 1.29 is 14.3 Å². The smallest absolute Gasteiger partial charge is 0.326 e. The summed E-state index contributed by atoms with van der Waals surface area (Å²) in [5.74, 6) is -0.496. The van der Waals surface area contributed by atoms with E-state index in [1.165, 1.54) is 6.92 Å². The number of benzene rings is 1. The highest BCUT2D eigenvalue weighted by Gasteiger charge is 2.19. The number of carbonyl (C=O) groups excluding carboxylic acids is 2. The predicted octanol–water partition coefficient (Wildman–Crippen LogP) is 2.20. The number of esters is 1. The minimum atomic E-state index is -0.935. The van der Waals surface area contributed by atoms with Gasteiger partial charge >= 0.3 is 5.97 Å². The van der Waals surface area contributed by atoms with Crippen molar-refractivity contribution in [1.82, 2.24) is 10.2 Å². The maximum absolute atomic E-state index is 12.2. The van der Waals surface area contributed by atoms with Gasteiger partial charge in [-0.2, -0.15) is 0 Å². The Balaban J connectivity index is 1.85. The predicted molar refractivity (Wildman–Crippen MR) is 105 cm³/mol. The van der Waals surface area contributed by atoms with E-state index in [0.29, 0.717) is 11.5 Å². The minimum Gasteiger partial charge on any atom is -0.451 e. The number of ether oxygens (including phenoxy) is 1. The Bertz CT molecular complexity index is 781. The molecule has 0 aliphatic carbocycles. The Hall–Kier alpha value is -2.87. The number of carbonyl (C=O) groups is 2. The lowest BCUT2D eigenvalue weighted by atomic mass is 10.2. The van der Waals surface area contributed by atoms with E-state index in [9.17, 15) is 9.59 Å². The molecule has 2 rings (SSSR count). The summed E-state index contributed by atoms with van der Waals surface area (Å²) in [6.45, 7) is 1.44. The molecular formula is C18H22ClN5O3. The number of halogens is 1. The molecule has 0 bridgehead atoms. The molecule has 1 amide bonds. The van der Waals surface area contributed by atoms with Gasteiger partial charge in [-0.15, -0.1) is 10.2 Å². The van der Waals surface area contributed by atoms with E-state index in [1.807, 2.05) is 31.1 Å². The molecule has 2 aromatic rings. The second-order valence-electron chi connectivity index (χ2n) is 6.13. The lowest BCUT2D eigenvalue weighted by molar-refractivity contribution is -0.151. The van der Waals surface area contributed by atoms with Crippen molar-refractivity contribution in [2.75, 3.05) is 42.8 Å². The van der Waals surface area contributed by atoms with Gasteiger partial charge in [0, 0.05) is 32.5 Å². The van der Waals surface area contributed by atoms with E-state index in [1.54, 1.807) is 36.2 Å². The molecule has 0 radical (unpaired) electrons. The van der Waals surface area contributed by atoms with Crippen molar-refractivity contribution in [2.24, 2.45) is 0 Å². The highest BCUT2D eigenvalue weighted by atomic mass is 35.5. The van der Waals surface area contributed by atoms with E-state index in [0.717, 1.165) is 5.69 Å². The fourth-order valence-electron chi connectivity index (χ4n) is 2.16. The molecule has 1 N–H and O–H groups in total. The Kier molecular flexibility index (Phi) is 6.95. The number of nitrogens with one attached hydrogen (secondary N) is 1. The maximum atomic E-state index is 12.2. The molecule has 0 saturated carbocycles. The average Bonchev–Trinajstić information content (AvgIpc) is 2.62. The second kappa shape index (κ2) is 9.18. The molecule has 1 aromatic heterocycles. The van der Waals surface area contributed by atoms with E-state index in [2.05, 4.69) is 15.5 Å². The van der Waals surface area contributed by atoms with Crippen molar-refractivity contribution >= 4 is 40.7 Å².